The number of amides is 10. The maximum absolute atomic E-state index is 15.5. The second-order valence-electron chi connectivity index (χ2n) is 31.8. The van der Waals surface area contributed by atoms with Gasteiger partial charge >= 0.3 is 11.9 Å². The van der Waals surface area contributed by atoms with Gasteiger partial charge in [0, 0.05) is 61.3 Å². The Morgan fingerprint density at radius 2 is 0.755 bits per heavy atom. The molecule has 106 heavy (non-hydrogen) atoms. The van der Waals surface area contributed by atoms with Gasteiger partial charge in [-0.2, -0.15) is 0 Å². The van der Waals surface area contributed by atoms with E-state index >= 15 is 19.2 Å². The van der Waals surface area contributed by atoms with Crippen molar-refractivity contribution in [2.24, 2.45) is 35.5 Å². The number of carbonyl (C=O) groups is 12. The number of carbonyl (C=O) groups excluding carboxylic acids is 12. The molecule has 16 N–H and O–H groups in total. The van der Waals surface area contributed by atoms with Crippen LogP contribution in [0.3, 0.4) is 0 Å². The molecular weight excluding hydrogens is 1380 g/mol. The van der Waals surface area contributed by atoms with Gasteiger partial charge in [0.05, 0.1) is 24.4 Å². The number of nitrogens with one attached hydrogen (secondary N) is 10. The average molecular weight is 1490 g/mol. The highest BCUT2D eigenvalue weighted by molar-refractivity contribution is 6.01. The van der Waals surface area contributed by atoms with Crippen LogP contribution in [0, 0.1) is 35.5 Å². The molecule has 6 saturated heterocycles. The number of aliphatic hydroxyl groups excluding tert-OH is 4. The molecule has 0 aliphatic carbocycles. The van der Waals surface area contributed by atoms with Crippen molar-refractivity contribution in [3.8, 4) is 11.1 Å². The van der Waals surface area contributed by atoms with Gasteiger partial charge in [0.2, 0.25) is 47.3 Å². The van der Waals surface area contributed by atoms with E-state index in [0.717, 1.165) is 19.8 Å². The first-order chi connectivity index (χ1) is 49.7. The Morgan fingerprint density at radius 3 is 1.07 bits per heavy atom. The van der Waals surface area contributed by atoms with Gasteiger partial charge in [-0.15, -0.1) is 0 Å². The molecule has 20 atom stereocenters. The molecule has 2 aromatic rings. The maximum atomic E-state index is 15.5. The summed E-state index contributed by atoms with van der Waals surface area (Å²) in [5.41, 5.74) is 2.62. The highest BCUT2D eigenvalue weighted by Crippen LogP contribution is 2.53. The number of ether oxygens (including phenoxy) is 2. The molecule has 0 aromatic heterocycles. The Balaban J connectivity index is 1.01. The molecule has 8 aliphatic rings. The van der Waals surface area contributed by atoms with Crippen LogP contribution in [0.15, 0.2) is 36.4 Å². The number of hydrogen-bond acceptors (Lipinski definition) is 24. The van der Waals surface area contributed by atoms with Crippen molar-refractivity contribution in [1.29, 1.82) is 0 Å². The van der Waals surface area contributed by atoms with Gasteiger partial charge in [-0.1, -0.05) is 95.2 Å². The number of esters is 2. The first kappa shape index (κ1) is 79.9. The number of aliphatic hydroxyl groups is 6. The van der Waals surface area contributed by atoms with Gasteiger partial charge in [0.15, 0.2) is 12.2 Å². The van der Waals surface area contributed by atoms with Crippen molar-refractivity contribution in [2.75, 3.05) is 23.7 Å². The van der Waals surface area contributed by atoms with Crippen LogP contribution in [0.2, 0.25) is 0 Å². The molecule has 0 radical (unpaired) electrons. The van der Waals surface area contributed by atoms with Crippen molar-refractivity contribution >= 4 is 82.4 Å². The number of cyclic esters (lactones) is 2. The predicted molar refractivity (Wildman–Crippen MR) is 376 cm³/mol. The topological polar surface area (TPSA) is 478 Å². The fourth-order valence-corrected chi connectivity index (χ4v) is 15.5. The first-order valence-electron chi connectivity index (χ1n) is 36.7. The molecular formula is C72H104N14O20. The summed E-state index contributed by atoms with van der Waals surface area (Å²) < 4.78 is 11.9. The predicted octanol–water partition coefficient (Wildman–Crippen LogP) is -2.40. The van der Waals surface area contributed by atoms with E-state index in [-0.39, 0.29) is 73.1 Å². The Bertz CT molecular complexity index is 3540. The van der Waals surface area contributed by atoms with Gasteiger partial charge in [-0.05, 0) is 97.6 Å². The SMILES string of the molecule is CC(C)C[C@@H]1NC(=O)[C@H]2C[C@@H](O)CNN2C(=O)[C@H](C(C)C)OC(=O)[C@@H](C(C)C)NC(=O)[C@H]2C[C@@]3(O)c4cc(-c5ccc6c(c5)[C@]5(O)C[C@@H]7C(=O)N[C@H](C(C)C)C(=O)O[C@@H](C(C)C)C(=O)N8NC[C@H](O)C[C@@H]8C(=O)N[C@@H](CC(C)C)C(=O)N[C@H]([C@H](C)O)C(=O)N7[C@@H]5N6)ccc4N[C@H]3N2C(=O)[C@@H]([C@H](C)O)NC1=O. The van der Waals surface area contributed by atoms with Crippen molar-refractivity contribution in [3.05, 3.63) is 47.5 Å². The van der Waals surface area contributed by atoms with Crippen LogP contribution in [0.25, 0.3) is 11.1 Å². The second kappa shape index (κ2) is 31.3. The smallest absolute Gasteiger partial charge is 0.329 e. The molecule has 0 spiro atoms. The fourth-order valence-electron chi connectivity index (χ4n) is 15.5. The van der Waals surface area contributed by atoms with E-state index in [0.29, 0.717) is 11.1 Å². The molecule has 2 aromatic carbocycles. The van der Waals surface area contributed by atoms with E-state index in [1.807, 2.05) is 0 Å². The van der Waals surface area contributed by atoms with Crippen molar-refractivity contribution in [1.82, 2.24) is 62.6 Å². The molecule has 0 saturated carbocycles. The van der Waals surface area contributed by atoms with Gasteiger partial charge in [0.1, 0.15) is 84.0 Å². The summed E-state index contributed by atoms with van der Waals surface area (Å²) in [6, 6.07) is -6.29. The van der Waals surface area contributed by atoms with Crippen LogP contribution in [0.4, 0.5) is 11.4 Å². The largest absolute Gasteiger partial charge is 0.450 e. The van der Waals surface area contributed by atoms with Crippen LogP contribution in [0.1, 0.15) is 147 Å². The number of anilines is 2. The molecule has 6 fully saturated rings. The summed E-state index contributed by atoms with van der Waals surface area (Å²) >= 11 is 0. The molecule has 8 aliphatic heterocycles. The molecule has 10 rings (SSSR count). The zero-order chi connectivity index (χ0) is 77.9. The van der Waals surface area contributed by atoms with Crippen LogP contribution < -0.4 is 53.4 Å². The van der Waals surface area contributed by atoms with E-state index in [9.17, 15) is 69.0 Å². The Labute approximate surface area is 614 Å². The lowest BCUT2D eigenvalue weighted by atomic mass is 9.86. The molecule has 34 nitrogen and oxygen atoms in total. The third kappa shape index (κ3) is 15.6. The minimum absolute atomic E-state index is 0.0334. The zero-order valence-corrected chi connectivity index (χ0v) is 62.2. The summed E-state index contributed by atoms with van der Waals surface area (Å²) in [7, 11) is 0. The minimum atomic E-state index is -2.21. The lowest BCUT2D eigenvalue weighted by Gasteiger charge is -2.40. The van der Waals surface area contributed by atoms with Crippen LogP contribution in [-0.2, 0) is 78.2 Å². The summed E-state index contributed by atoms with van der Waals surface area (Å²) in [6.07, 6.45) is -13.7. The molecule has 0 bridgehead atoms. The number of hydrazine groups is 2. The van der Waals surface area contributed by atoms with Crippen molar-refractivity contribution in [2.45, 2.75) is 256 Å². The van der Waals surface area contributed by atoms with Gasteiger partial charge in [-0.3, -0.25) is 58.0 Å². The van der Waals surface area contributed by atoms with E-state index in [4.69, 9.17) is 9.47 Å². The Hall–Kier alpha value is -8.64. The third-order valence-corrected chi connectivity index (χ3v) is 21.2. The van der Waals surface area contributed by atoms with E-state index in [2.05, 4.69) is 53.4 Å². The summed E-state index contributed by atoms with van der Waals surface area (Å²) in [6.45, 7) is 21.9. The van der Waals surface area contributed by atoms with Crippen LogP contribution in [-0.4, -0.2) is 244 Å². The Kier molecular flexibility index (Phi) is 23.6. The lowest BCUT2D eigenvalue weighted by molar-refractivity contribution is -0.172. The number of rotatable bonds is 11. The first-order valence-corrected chi connectivity index (χ1v) is 36.7. The molecule has 8 heterocycles. The van der Waals surface area contributed by atoms with Gasteiger partial charge in [-0.25, -0.2) is 20.4 Å². The Morgan fingerprint density at radius 1 is 0.425 bits per heavy atom. The standard InChI is InChI=1S/C72H104N14O20/c1-29(2)19-45-57(91)81-53(35(13)87)63(97)83-49(61(95)79-51(31(5)6)67(101)105-55(33(9)10)65(99)85-47(59(93)75-45)23-39(89)27-73-85)25-71(103)41-21-37(15-17-43(41)77-69(71)83)38-16-18-44-42(22-38)72(104)26-50-62(96)80-52(32(7)8)68(102)106-56(34(11)12)66(100)86-48(24-40(90)28-74-86)60(94)76-46(20-30(3)4)58(92)82-54(36(14)88)64(98)84(50)70(72)78-44/h15-18,21-22,29-36,39-40,45-56,69-70,73-74,77-78,87-90,103-104H,19-20,23-28H2,1-14H3,(H,75,93)(H,76,94)(H,79,95)(H,80,96)(H,81,91)(H,82,92)/t35-,36-,39+,40+,45-,46-,47+,48+,49+,50+,51+,52+,53+,54+,55-,56-,69-,70-,71+,72+/m0/s1. The van der Waals surface area contributed by atoms with Crippen LogP contribution in [0.5, 0.6) is 0 Å². The second-order valence-corrected chi connectivity index (χ2v) is 31.8. The molecule has 582 valence electrons. The quantitative estimate of drug-likeness (QED) is 0.104. The number of fused-ring (bicyclic) bond motifs is 12. The van der Waals surface area contributed by atoms with E-state index in [1.165, 1.54) is 13.8 Å². The number of β-amino-alcohol motifs (C(OH)–C–C–N with tert-alkyl or cyclic N) is 2. The van der Waals surface area contributed by atoms with Crippen molar-refractivity contribution in [3.63, 3.8) is 0 Å². The minimum Gasteiger partial charge on any atom is -0.450 e. The van der Waals surface area contributed by atoms with E-state index < -0.39 is 228 Å². The molecule has 0 unspecified atom stereocenters. The summed E-state index contributed by atoms with van der Waals surface area (Å²) in [5.74, 6) is -15.1. The molecule has 10 amide bonds. The van der Waals surface area contributed by atoms with E-state index in [1.54, 1.807) is 119 Å². The summed E-state index contributed by atoms with van der Waals surface area (Å²) in [4.78, 5) is 180. The monoisotopic (exact) mass is 1480 g/mol. The lowest BCUT2D eigenvalue weighted by Crippen LogP contribution is -2.67. The summed E-state index contributed by atoms with van der Waals surface area (Å²) in [5, 5.41) is 95.6. The third-order valence-electron chi connectivity index (χ3n) is 21.2. The fraction of sp³-hybridized carbons (Fsp3) is 0.667. The number of hydrogen-bond donors (Lipinski definition) is 16. The normalized spacial score (nSPS) is 33.7. The van der Waals surface area contributed by atoms with Crippen LogP contribution >= 0.6 is 0 Å². The highest BCUT2D eigenvalue weighted by atomic mass is 16.6. The van der Waals surface area contributed by atoms with Gasteiger partial charge < -0.3 is 92.4 Å². The number of benzene rings is 2. The van der Waals surface area contributed by atoms with Crippen molar-refractivity contribution < 1.29 is 97.6 Å². The number of nitrogens with zero attached hydrogens (tertiary/aromatic N) is 4. The zero-order valence-electron chi connectivity index (χ0n) is 62.2. The molecule has 34 heteroatoms. The highest BCUT2D eigenvalue weighted by Gasteiger charge is 2.64. The van der Waals surface area contributed by atoms with Gasteiger partial charge in [0.25, 0.3) is 11.8 Å². The average Bonchev–Trinajstić information content (AvgIpc) is 1.55. The maximum Gasteiger partial charge on any atom is 0.329 e.